The molecule has 3 heterocycles. The maximum atomic E-state index is 12.4. The number of anilines is 2. The molecule has 10 heteroatoms. The summed E-state index contributed by atoms with van der Waals surface area (Å²) in [5.74, 6) is 0.263. The third-order valence-electron chi connectivity index (χ3n) is 6.98. The number of halogens is 1. The number of methoxy groups -OCH3 is 2. The molecule has 0 spiro atoms. The summed E-state index contributed by atoms with van der Waals surface area (Å²) < 4.78 is 13.8. The van der Waals surface area contributed by atoms with E-state index >= 15 is 0 Å². The summed E-state index contributed by atoms with van der Waals surface area (Å²) in [5, 5.41) is 6.97. The van der Waals surface area contributed by atoms with Crippen LogP contribution in [-0.4, -0.2) is 41.4 Å². The molecule has 1 aliphatic heterocycles. The maximum absolute atomic E-state index is 12.4. The largest absolute Gasteiger partial charge is 0.495 e. The Bertz CT molecular complexity index is 1540. The zero-order valence-electron chi connectivity index (χ0n) is 22.6. The van der Waals surface area contributed by atoms with Crippen LogP contribution in [0, 0.1) is 13.8 Å². The number of ether oxygens (including phenoxy) is 2. The van der Waals surface area contributed by atoms with Gasteiger partial charge in [-0.2, -0.15) is 0 Å². The van der Waals surface area contributed by atoms with E-state index in [0.29, 0.717) is 16.5 Å². The molecule has 0 saturated carbocycles. The van der Waals surface area contributed by atoms with Gasteiger partial charge in [0.05, 0.1) is 30.6 Å². The monoisotopic (exact) mass is 619 g/mol. The number of pyridine rings is 1. The first kappa shape index (κ1) is 27.8. The second-order valence-electron chi connectivity index (χ2n) is 9.50. The molecule has 0 aliphatic carbocycles. The van der Waals surface area contributed by atoms with Crippen molar-refractivity contribution in [2.45, 2.75) is 25.9 Å². The quantitative estimate of drug-likeness (QED) is 0.233. The van der Waals surface area contributed by atoms with Gasteiger partial charge < -0.3 is 29.6 Å². The van der Waals surface area contributed by atoms with Crippen LogP contribution in [0.4, 0.5) is 11.4 Å². The molecule has 0 radical (unpaired) electrons. The van der Waals surface area contributed by atoms with Crippen molar-refractivity contribution in [2.24, 2.45) is 0 Å². The Morgan fingerprint density at radius 2 is 1.82 bits per heavy atom. The lowest BCUT2D eigenvalue weighted by atomic mass is 9.96. The number of nitrogens with zero attached hydrogens (tertiary/aromatic N) is 3. The fourth-order valence-corrected chi connectivity index (χ4v) is 5.89. The van der Waals surface area contributed by atoms with Crippen molar-refractivity contribution in [1.82, 2.24) is 14.9 Å². The SMILES string of the molecule is COCC(=O)Nc1cc(N2C(=S)N[C@@H](c3ccccn3)[C@@H]2c2cc(C)n(-c3ccc(Br)cc3)c2C)ccc1OC. The molecule has 5 rings (SSSR count). The Balaban J connectivity index is 1.64. The minimum Gasteiger partial charge on any atom is -0.495 e. The molecular weight excluding hydrogens is 590 g/mol. The molecule has 0 bridgehead atoms. The van der Waals surface area contributed by atoms with Gasteiger partial charge in [0.2, 0.25) is 5.91 Å². The highest BCUT2D eigenvalue weighted by molar-refractivity contribution is 9.10. The first-order chi connectivity index (χ1) is 19.3. The lowest BCUT2D eigenvalue weighted by Gasteiger charge is -2.29. The van der Waals surface area contributed by atoms with E-state index < -0.39 is 0 Å². The van der Waals surface area contributed by atoms with Crippen LogP contribution < -0.4 is 20.3 Å². The predicted molar refractivity (Wildman–Crippen MR) is 164 cm³/mol. The number of aryl methyl sites for hydroxylation is 1. The molecule has 2 aromatic heterocycles. The predicted octanol–water partition coefficient (Wildman–Crippen LogP) is 6.02. The molecule has 8 nitrogen and oxygen atoms in total. The Morgan fingerprint density at radius 3 is 2.50 bits per heavy atom. The van der Waals surface area contributed by atoms with Crippen molar-refractivity contribution in [3.63, 3.8) is 0 Å². The van der Waals surface area contributed by atoms with Crippen molar-refractivity contribution in [3.8, 4) is 11.4 Å². The molecule has 0 unspecified atom stereocenters. The van der Waals surface area contributed by atoms with Gasteiger partial charge in [-0.1, -0.05) is 22.0 Å². The Labute approximate surface area is 247 Å². The number of carbonyl (C=O) groups excluding carboxylic acids is 1. The smallest absolute Gasteiger partial charge is 0.250 e. The standard InChI is InChI=1S/C30H30BrN5O3S/c1-18-15-23(19(2)35(18)21-10-8-20(31)9-11-21)29-28(24-7-5-6-14-32-24)34-30(40)36(29)22-12-13-26(39-4)25(16-22)33-27(37)17-38-3/h5-16,28-29H,17H2,1-4H3,(H,33,37)(H,34,40)/t28-,29-/m0/s1. The highest BCUT2D eigenvalue weighted by Crippen LogP contribution is 2.45. The highest BCUT2D eigenvalue weighted by atomic mass is 79.9. The number of hydrogen-bond donors (Lipinski definition) is 2. The van der Waals surface area contributed by atoms with Crippen LogP contribution in [0.25, 0.3) is 5.69 Å². The first-order valence-corrected chi connectivity index (χ1v) is 13.9. The van der Waals surface area contributed by atoms with Crippen LogP contribution in [0.5, 0.6) is 5.75 Å². The van der Waals surface area contributed by atoms with Gasteiger partial charge in [-0.25, -0.2) is 0 Å². The van der Waals surface area contributed by atoms with Crippen LogP contribution in [0.1, 0.15) is 34.7 Å². The minimum absolute atomic E-state index is 0.0660. The summed E-state index contributed by atoms with van der Waals surface area (Å²) in [4.78, 5) is 19.2. The molecule has 1 fully saturated rings. The number of nitrogens with one attached hydrogen (secondary N) is 2. The lowest BCUT2D eigenvalue weighted by Crippen LogP contribution is -2.29. The van der Waals surface area contributed by atoms with Crippen molar-refractivity contribution >= 4 is 50.5 Å². The molecule has 2 atom stereocenters. The molecule has 2 aromatic carbocycles. The first-order valence-electron chi connectivity index (χ1n) is 12.7. The fourth-order valence-electron chi connectivity index (χ4n) is 5.28. The van der Waals surface area contributed by atoms with Crippen LogP contribution in [0.3, 0.4) is 0 Å². The van der Waals surface area contributed by atoms with Crippen molar-refractivity contribution in [3.05, 3.63) is 100 Å². The Hall–Kier alpha value is -3.73. The summed E-state index contributed by atoms with van der Waals surface area (Å²) in [6, 6.07) is 21.6. The van der Waals surface area contributed by atoms with Crippen molar-refractivity contribution in [1.29, 1.82) is 0 Å². The third kappa shape index (κ3) is 5.34. The van der Waals surface area contributed by atoms with E-state index in [-0.39, 0.29) is 24.6 Å². The zero-order chi connectivity index (χ0) is 28.4. The van der Waals surface area contributed by atoms with E-state index in [1.165, 1.54) is 7.11 Å². The minimum atomic E-state index is -0.277. The summed E-state index contributed by atoms with van der Waals surface area (Å²) >= 11 is 9.48. The topological polar surface area (TPSA) is 80.7 Å². The number of rotatable bonds is 8. The lowest BCUT2D eigenvalue weighted by molar-refractivity contribution is -0.119. The van der Waals surface area contributed by atoms with Crippen LogP contribution in [0.15, 0.2) is 77.4 Å². The Morgan fingerprint density at radius 1 is 1.07 bits per heavy atom. The molecule has 1 amide bonds. The molecular formula is C30H30BrN5O3S. The summed E-state index contributed by atoms with van der Waals surface area (Å²) in [6.07, 6.45) is 1.79. The van der Waals surface area contributed by atoms with Gasteiger partial charge in [-0.15, -0.1) is 0 Å². The number of hydrogen-bond acceptors (Lipinski definition) is 5. The molecule has 40 heavy (non-hydrogen) atoms. The normalized spacial score (nSPS) is 16.6. The van der Waals surface area contributed by atoms with E-state index in [1.807, 2.05) is 48.5 Å². The van der Waals surface area contributed by atoms with Gasteiger partial charge in [0, 0.05) is 40.5 Å². The second-order valence-corrected chi connectivity index (χ2v) is 10.8. The number of benzene rings is 2. The van der Waals surface area contributed by atoms with E-state index in [2.05, 4.69) is 73.1 Å². The molecule has 206 valence electrons. The molecule has 1 saturated heterocycles. The Kier molecular flexibility index (Phi) is 8.20. The van der Waals surface area contributed by atoms with Gasteiger partial charge in [-0.3, -0.25) is 9.78 Å². The van der Waals surface area contributed by atoms with Crippen LogP contribution >= 0.6 is 28.1 Å². The zero-order valence-corrected chi connectivity index (χ0v) is 25.0. The number of amides is 1. The van der Waals surface area contributed by atoms with Crippen LogP contribution in [-0.2, 0) is 9.53 Å². The van der Waals surface area contributed by atoms with Gasteiger partial charge in [0.1, 0.15) is 12.4 Å². The number of thiocarbonyl (C=S) groups is 1. The number of aromatic nitrogens is 2. The number of carbonyl (C=O) groups is 1. The van der Waals surface area contributed by atoms with Crippen molar-refractivity contribution < 1.29 is 14.3 Å². The maximum Gasteiger partial charge on any atom is 0.250 e. The van der Waals surface area contributed by atoms with Crippen molar-refractivity contribution in [2.75, 3.05) is 31.0 Å². The van der Waals surface area contributed by atoms with E-state index in [0.717, 1.165) is 38.5 Å². The summed E-state index contributed by atoms with van der Waals surface area (Å²) in [7, 11) is 3.05. The van der Waals surface area contributed by atoms with E-state index in [4.69, 9.17) is 21.7 Å². The summed E-state index contributed by atoms with van der Waals surface area (Å²) in [5.41, 5.74) is 6.62. The molecule has 2 N–H and O–H groups in total. The van der Waals surface area contributed by atoms with Gasteiger partial charge >= 0.3 is 0 Å². The summed E-state index contributed by atoms with van der Waals surface area (Å²) in [6.45, 7) is 4.17. The van der Waals surface area contributed by atoms with Gasteiger partial charge in [0.15, 0.2) is 5.11 Å². The van der Waals surface area contributed by atoms with Gasteiger partial charge in [-0.05, 0) is 92.3 Å². The second kappa shape index (κ2) is 11.8. The van der Waals surface area contributed by atoms with Gasteiger partial charge in [0.25, 0.3) is 0 Å². The molecule has 1 aliphatic rings. The van der Waals surface area contributed by atoms with Crippen LogP contribution in [0.2, 0.25) is 0 Å². The fraction of sp³-hybridized carbons (Fsp3) is 0.233. The highest BCUT2D eigenvalue weighted by Gasteiger charge is 2.42. The average molecular weight is 621 g/mol. The third-order valence-corrected chi connectivity index (χ3v) is 7.83. The average Bonchev–Trinajstić information content (AvgIpc) is 3.44. The molecule has 4 aromatic rings. The van der Waals surface area contributed by atoms with E-state index in [9.17, 15) is 4.79 Å². The van der Waals surface area contributed by atoms with E-state index in [1.54, 1.807) is 13.3 Å².